The van der Waals surface area contributed by atoms with Crippen LogP contribution < -0.4 is 0 Å². The second-order valence-electron chi connectivity index (χ2n) is 3.43. The second-order valence-corrected chi connectivity index (χ2v) is 3.43. The molecule has 0 aromatic heterocycles. The van der Waals surface area contributed by atoms with Crippen molar-refractivity contribution in [3.05, 3.63) is 11.8 Å². The van der Waals surface area contributed by atoms with E-state index in [4.69, 9.17) is 0 Å². The average molecular weight is 207 g/mol. The van der Waals surface area contributed by atoms with Crippen LogP contribution in [-0.4, -0.2) is 11.9 Å². The van der Waals surface area contributed by atoms with Gasteiger partial charge in [0.15, 0.2) is 0 Å². The maximum Gasteiger partial charge on any atom is 0.414 e. The normalized spacial score (nSPS) is 15.1. The third kappa shape index (κ3) is 4.44. The lowest BCUT2D eigenvalue weighted by molar-refractivity contribution is -0.0937. The predicted molar refractivity (Wildman–Crippen MR) is 52.4 cm³/mol. The molecule has 4 heteroatoms. The van der Waals surface area contributed by atoms with Crippen LogP contribution in [0, 0.1) is 5.92 Å². The van der Waals surface area contributed by atoms with Gasteiger partial charge in [-0.1, -0.05) is 20.8 Å². The number of halogens is 3. The molecule has 0 aromatic carbocycles. The Balaban J connectivity index is 4.72. The summed E-state index contributed by atoms with van der Waals surface area (Å²) >= 11 is 0. The van der Waals surface area contributed by atoms with Crippen LogP contribution in [0.3, 0.4) is 0 Å². The highest BCUT2D eigenvalue weighted by Crippen LogP contribution is 2.27. The van der Waals surface area contributed by atoms with E-state index in [1.54, 1.807) is 6.92 Å². The average Bonchev–Trinajstić information content (AvgIpc) is 2.02. The van der Waals surface area contributed by atoms with Crippen molar-refractivity contribution in [2.24, 2.45) is 10.9 Å². The first-order valence-corrected chi connectivity index (χ1v) is 4.59. The van der Waals surface area contributed by atoms with Crippen LogP contribution in [0.25, 0.3) is 0 Å². The van der Waals surface area contributed by atoms with E-state index in [2.05, 4.69) is 4.99 Å². The molecule has 0 aliphatic carbocycles. The zero-order valence-corrected chi connectivity index (χ0v) is 8.94. The zero-order valence-electron chi connectivity index (χ0n) is 8.94. The Morgan fingerprint density at radius 3 is 2.14 bits per heavy atom. The lowest BCUT2D eigenvalue weighted by Crippen LogP contribution is -2.11. The number of nitrogens with zero attached hydrogens (tertiary/aromatic N) is 1. The first-order chi connectivity index (χ1) is 6.29. The van der Waals surface area contributed by atoms with Gasteiger partial charge in [-0.2, -0.15) is 13.2 Å². The molecule has 0 radical (unpaired) electrons. The Morgan fingerprint density at radius 1 is 1.36 bits per heavy atom. The van der Waals surface area contributed by atoms with Crippen molar-refractivity contribution < 1.29 is 13.2 Å². The fourth-order valence-electron chi connectivity index (χ4n) is 0.694. The molecule has 0 N–H and O–H groups in total. The van der Waals surface area contributed by atoms with E-state index in [1.165, 1.54) is 6.92 Å². The molecule has 0 fully saturated rings. The quantitative estimate of drug-likeness (QED) is 0.621. The van der Waals surface area contributed by atoms with Gasteiger partial charge in [0.05, 0.1) is 5.57 Å². The van der Waals surface area contributed by atoms with E-state index in [9.17, 15) is 13.2 Å². The summed E-state index contributed by atoms with van der Waals surface area (Å²) in [5.74, 6) is 0.178. The van der Waals surface area contributed by atoms with Crippen molar-refractivity contribution >= 4 is 5.71 Å². The first-order valence-electron chi connectivity index (χ1n) is 4.59. The van der Waals surface area contributed by atoms with Crippen molar-refractivity contribution in [1.82, 2.24) is 0 Å². The van der Waals surface area contributed by atoms with Gasteiger partial charge in [0.25, 0.3) is 0 Å². The van der Waals surface area contributed by atoms with Gasteiger partial charge in [0, 0.05) is 11.9 Å². The van der Waals surface area contributed by atoms with Gasteiger partial charge in [-0.15, -0.1) is 0 Å². The van der Waals surface area contributed by atoms with Crippen molar-refractivity contribution in [3.8, 4) is 0 Å². The lowest BCUT2D eigenvalue weighted by atomic mass is 10.1. The summed E-state index contributed by atoms with van der Waals surface area (Å²) in [6.07, 6.45) is -3.37. The molecule has 82 valence electrons. The molecule has 0 unspecified atom stereocenters. The number of hydrogen-bond acceptors (Lipinski definition) is 1. The molecule has 0 aromatic rings. The van der Waals surface area contributed by atoms with Crippen molar-refractivity contribution in [1.29, 1.82) is 0 Å². The molecule has 0 atom stereocenters. The van der Waals surface area contributed by atoms with E-state index in [0.29, 0.717) is 5.71 Å². The zero-order chi connectivity index (χ0) is 11.4. The summed E-state index contributed by atoms with van der Waals surface area (Å²) in [6, 6.07) is 0. The molecule has 0 saturated carbocycles. The standard InChI is InChI=1S/C10H16F3N/c1-5-9(10(11,12)13)6-14-8(4)7(2)3/h6-7H,5H2,1-4H3/b9-6+,14-8?. The van der Waals surface area contributed by atoms with Crippen molar-refractivity contribution in [2.45, 2.75) is 40.3 Å². The maximum atomic E-state index is 12.2. The van der Waals surface area contributed by atoms with Crippen LogP contribution in [0.1, 0.15) is 34.1 Å². The summed E-state index contributed by atoms with van der Waals surface area (Å²) in [6.45, 7) is 6.99. The molecule has 0 rings (SSSR count). The van der Waals surface area contributed by atoms with Crippen LogP contribution >= 0.6 is 0 Å². The van der Waals surface area contributed by atoms with Crippen molar-refractivity contribution in [2.75, 3.05) is 0 Å². The molecule has 0 saturated heterocycles. The Morgan fingerprint density at radius 2 is 1.86 bits per heavy atom. The lowest BCUT2D eigenvalue weighted by Gasteiger charge is -2.08. The maximum absolute atomic E-state index is 12.2. The number of rotatable bonds is 3. The topological polar surface area (TPSA) is 12.4 Å². The Kier molecular flexibility index (Phi) is 4.88. The summed E-state index contributed by atoms with van der Waals surface area (Å²) in [5, 5.41) is 0. The first kappa shape index (κ1) is 13.2. The fourth-order valence-corrected chi connectivity index (χ4v) is 0.694. The van der Waals surface area contributed by atoms with Crippen LogP contribution in [0.4, 0.5) is 13.2 Å². The van der Waals surface area contributed by atoms with Crippen LogP contribution in [0.15, 0.2) is 16.8 Å². The third-order valence-corrected chi connectivity index (χ3v) is 2.00. The summed E-state index contributed by atoms with van der Waals surface area (Å²) < 4.78 is 36.7. The molecule has 0 amide bonds. The second kappa shape index (κ2) is 5.17. The Bertz CT molecular complexity index is 236. The van der Waals surface area contributed by atoms with Crippen LogP contribution in [-0.2, 0) is 0 Å². The summed E-state index contributed by atoms with van der Waals surface area (Å²) in [5.41, 5.74) is 0.123. The molecule has 0 aliphatic heterocycles. The largest absolute Gasteiger partial charge is 0.414 e. The minimum Gasteiger partial charge on any atom is -0.265 e. The van der Waals surface area contributed by atoms with Gasteiger partial charge in [0.2, 0.25) is 0 Å². The Labute approximate surface area is 82.7 Å². The number of aliphatic imine (C=N–C) groups is 1. The van der Waals surface area contributed by atoms with E-state index in [-0.39, 0.29) is 12.3 Å². The number of allylic oxidation sites excluding steroid dienone is 1. The minimum absolute atomic E-state index is 0.0433. The summed E-state index contributed by atoms with van der Waals surface area (Å²) in [4.78, 5) is 3.80. The van der Waals surface area contributed by atoms with E-state index < -0.39 is 11.7 Å². The molecule has 1 nitrogen and oxygen atoms in total. The van der Waals surface area contributed by atoms with Gasteiger partial charge >= 0.3 is 6.18 Å². The SMILES string of the molecule is CC/C(=C\N=C(C)C(C)C)C(F)(F)F. The molecule has 0 spiro atoms. The van der Waals surface area contributed by atoms with E-state index in [1.807, 2.05) is 13.8 Å². The monoisotopic (exact) mass is 207 g/mol. The van der Waals surface area contributed by atoms with Crippen LogP contribution in [0.5, 0.6) is 0 Å². The molecular weight excluding hydrogens is 191 g/mol. The van der Waals surface area contributed by atoms with E-state index in [0.717, 1.165) is 6.20 Å². The highest BCUT2D eigenvalue weighted by atomic mass is 19.4. The highest BCUT2D eigenvalue weighted by molar-refractivity contribution is 5.84. The Hall–Kier alpha value is -0.800. The number of hydrogen-bond donors (Lipinski definition) is 0. The predicted octanol–water partition coefficient (Wildman–Crippen LogP) is 3.96. The highest BCUT2D eigenvalue weighted by Gasteiger charge is 2.31. The molecule has 0 heterocycles. The fraction of sp³-hybridized carbons (Fsp3) is 0.700. The van der Waals surface area contributed by atoms with Gasteiger partial charge in [-0.25, -0.2) is 0 Å². The number of alkyl halides is 3. The molecular formula is C10H16F3N. The smallest absolute Gasteiger partial charge is 0.265 e. The molecule has 14 heavy (non-hydrogen) atoms. The minimum atomic E-state index is -4.25. The van der Waals surface area contributed by atoms with Crippen molar-refractivity contribution in [3.63, 3.8) is 0 Å². The summed E-state index contributed by atoms with van der Waals surface area (Å²) in [7, 11) is 0. The van der Waals surface area contributed by atoms with Gasteiger partial charge in [0.1, 0.15) is 0 Å². The van der Waals surface area contributed by atoms with E-state index >= 15 is 0 Å². The molecule has 0 bridgehead atoms. The van der Waals surface area contributed by atoms with Gasteiger partial charge < -0.3 is 0 Å². The van der Waals surface area contributed by atoms with Gasteiger partial charge in [-0.05, 0) is 19.3 Å². The van der Waals surface area contributed by atoms with Crippen LogP contribution in [0.2, 0.25) is 0 Å². The third-order valence-electron chi connectivity index (χ3n) is 2.00. The molecule has 0 aliphatic rings. The van der Waals surface area contributed by atoms with Gasteiger partial charge in [-0.3, -0.25) is 4.99 Å².